The van der Waals surface area contributed by atoms with Gasteiger partial charge in [-0.15, -0.1) is 0 Å². The molecule has 0 radical (unpaired) electrons. The van der Waals surface area contributed by atoms with E-state index in [9.17, 15) is 9.18 Å². The highest BCUT2D eigenvalue weighted by atomic mass is 79.9. The van der Waals surface area contributed by atoms with Crippen LogP contribution in [0.25, 0.3) is 0 Å². The molecule has 1 aromatic rings. The lowest BCUT2D eigenvalue weighted by atomic mass is 10.2. The van der Waals surface area contributed by atoms with Crippen LogP contribution in [0.3, 0.4) is 0 Å². The number of carbonyl (C=O) groups excluding carboxylic acids is 1. The van der Waals surface area contributed by atoms with E-state index in [2.05, 4.69) is 15.9 Å². The Bertz CT molecular complexity index is 445. The first-order valence-corrected chi connectivity index (χ1v) is 7.32. The van der Waals surface area contributed by atoms with Crippen molar-refractivity contribution in [1.82, 2.24) is 4.90 Å². The number of ether oxygens (including phenoxy) is 1. The van der Waals surface area contributed by atoms with Crippen LogP contribution >= 0.6 is 15.9 Å². The third-order valence-corrected chi connectivity index (χ3v) is 3.82. The van der Waals surface area contributed by atoms with E-state index in [4.69, 9.17) is 4.74 Å². The molecular formula is C14H17BrFNO2. The maximum absolute atomic E-state index is 12.9. The fourth-order valence-electron chi connectivity index (χ4n) is 2.14. The number of halogens is 2. The van der Waals surface area contributed by atoms with Gasteiger partial charge in [0.15, 0.2) is 6.61 Å². The van der Waals surface area contributed by atoms with E-state index in [1.54, 1.807) is 0 Å². The Labute approximate surface area is 120 Å². The summed E-state index contributed by atoms with van der Waals surface area (Å²) in [5.41, 5.74) is 0. The summed E-state index contributed by atoms with van der Waals surface area (Å²) in [5.74, 6) is 0.153. The van der Waals surface area contributed by atoms with Gasteiger partial charge in [0.2, 0.25) is 0 Å². The van der Waals surface area contributed by atoms with Gasteiger partial charge in [-0.2, -0.15) is 0 Å². The standard InChI is InChI=1S/C14H17BrFNO2/c15-12-9-11(16)5-6-13(12)19-10-14(18)17-7-3-1-2-4-8-17/h5-6,9H,1-4,7-8,10H2. The SMILES string of the molecule is O=C(COc1ccc(F)cc1Br)N1CCCCCC1. The molecule has 3 nitrogen and oxygen atoms in total. The minimum atomic E-state index is -0.335. The van der Waals surface area contributed by atoms with Crippen LogP contribution in [0, 0.1) is 5.82 Å². The molecule has 1 aliphatic heterocycles. The molecule has 1 heterocycles. The van der Waals surface area contributed by atoms with Gasteiger partial charge < -0.3 is 9.64 Å². The van der Waals surface area contributed by atoms with Crippen LogP contribution in [0.15, 0.2) is 22.7 Å². The molecule has 0 aliphatic carbocycles. The molecule has 104 valence electrons. The fraction of sp³-hybridized carbons (Fsp3) is 0.500. The molecule has 0 bridgehead atoms. The maximum Gasteiger partial charge on any atom is 0.260 e. The fourth-order valence-corrected chi connectivity index (χ4v) is 2.61. The predicted molar refractivity (Wildman–Crippen MR) is 74.6 cm³/mol. The van der Waals surface area contributed by atoms with Crippen molar-refractivity contribution in [2.75, 3.05) is 19.7 Å². The van der Waals surface area contributed by atoms with Crippen LogP contribution in [0.2, 0.25) is 0 Å². The van der Waals surface area contributed by atoms with Crippen molar-refractivity contribution in [3.63, 3.8) is 0 Å². The Morgan fingerprint density at radius 1 is 1.26 bits per heavy atom. The summed E-state index contributed by atoms with van der Waals surface area (Å²) in [5, 5.41) is 0. The molecule has 1 saturated heterocycles. The van der Waals surface area contributed by atoms with Gasteiger partial charge in [0.1, 0.15) is 11.6 Å². The lowest BCUT2D eigenvalue weighted by molar-refractivity contribution is -0.133. The first-order valence-electron chi connectivity index (χ1n) is 6.52. The van der Waals surface area contributed by atoms with Crippen molar-refractivity contribution in [1.29, 1.82) is 0 Å². The summed E-state index contributed by atoms with van der Waals surface area (Å²) in [6.07, 6.45) is 4.50. The first-order chi connectivity index (χ1) is 9.16. The highest BCUT2D eigenvalue weighted by molar-refractivity contribution is 9.10. The van der Waals surface area contributed by atoms with E-state index >= 15 is 0 Å². The second-order valence-electron chi connectivity index (χ2n) is 4.66. The van der Waals surface area contributed by atoms with E-state index in [1.165, 1.54) is 31.0 Å². The molecule has 0 saturated carbocycles. The zero-order valence-corrected chi connectivity index (χ0v) is 12.3. The minimum Gasteiger partial charge on any atom is -0.483 e. The van der Waals surface area contributed by atoms with Gasteiger partial charge >= 0.3 is 0 Å². The maximum atomic E-state index is 12.9. The Kier molecular flexibility index (Phi) is 5.19. The van der Waals surface area contributed by atoms with Gasteiger partial charge in [-0.05, 0) is 47.0 Å². The van der Waals surface area contributed by atoms with Crippen molar-refractivity contribution >= 4 is 21.8 Å². The minimum absolute atomic E-state index is 0.00174. The van der Waals surface area contributed by atoms with Gasteiger partial charge in [-0.3, -0.25) is 4.79 Å². The number of likely N-dealkylation sites (tertiary alicyclic amines) is 1. The summed E-state index contributed by atoms with van der Waals surface area (Å²) < 4.78 is 18.9. The smallest absolute Gasteiger partial charge is 0.260 e. The van der Waals surface area contributed by atoms with Crippen molar-refractivity contribution in [2.24, 2.45) is 0 Å². The highest BCUT2D eigenvalue weighted by Gasteiger charge is 2.16. The molecule has 1 aromatic carbocycles. The average molecular weight is 330 g/mol. The normalized spacial score (nSPS) is 16.0. The third kappa shape index (κ3) is 4.20. The topological polar surface area (TPSA) is 29.5 Å². The second-order valence-corrected chi connectivity index (χ2v) is 5.51. The Morgan fingerprint density at radius 2 is 1.95 bits per heavy atom. The zero-order valence-electron chi connectivity index (χ0n) is 10.7. The molecule has 19 heavy (non-hydrogen) atoms. The van der Waals surface area contributed by atoms with Gasteiger partial charge in [0.05, 0.1) is 4.47 Å². The van der Waals surface area contributed by atoms with Gasteiger partial charge in [0, 0.05) is 13.1 Å². The molecule has 0 N–H and O–H groups in total. The summed E-state index contributed by atoms with van der Waals surface area (Å²) in [4.78, 5) is 13.9. The highest BCUT2D eigenvalue weighted by Crippen LogP contribution is 2.25. The predicted octanol–water partition coefficient (Wildman–Crippen LogP) is 3.37. The van der Waals surface area contributed by atoms with E-state index in [0.717, 1.165) is 25.9 Å². The summed E-state index contributed by atoms with van der Waals surface area (Å²) in [7, 11) is 0. The molecule has 0 unspecified atom stereocenters. The van der Waals surface area contributed by atoms with Crippen molar-refractivity contribution in [2.45, 2.75) is 25.7 Å². The number of rotatable bonds is 3. The average Bonchev–Trinajstić information content (AvgIpc) is 2.66. The van der Waals surface area contributed by atoms with Crippen LogP contribution in [-0.2, 0) is 4.79 Å². The zero-order chi connectivity index (χ0) is 13.7. The number of benzene rings is 1. The number of amides is 1. The summed E-state index contributed by atoms with van der Waals surface area (Å²) >= 11 is 3.22. The van der Waals surface area contributed by atoms with Gasteiger partial charge in [-0.25, -0.2) is 4.39 Å². The van der Waals surface area contributed by atoms with Crippen LogP contribution in [0.4, 0.5) is 4.39 Å². The molecule has 1 amide bonds. The van der Waals surface area contributed by atoms with Crippen molar-refractivity contribution in [3.8, 4) is 5.75 Å². The van der Waals surface area contributed by atoms with E-state index < -0.39 is 0 Å². The largest absolute Gasteiger partial charge is 0.483 e. The van der Waals surface area contributed by atoms with Crippen LogP contribution < -0.4 is 4.74 Å². The lowest BCUT2D eigenvalue weighted by Crippen LogP contribution is -2.35. The number of nitrogens with zero attached hydrogens (tertiary/aromatic N) is 1. The van der Waals surface area contributed by atoms with Crippen molar-refractivity contribution < 1.29 is 13.9 Å². The van der Waals surface area contributed by atoms with Crippen molar-refractivity contribution in [3.05, 3.63) is 28.5 Å². The quantitative estimate of drug-likeness (QED) is 0.850. The monoisotopic (exact) mass is 329 g/mol. The number of carbonyl (C=O) groups is 1. The molecule has 1 aliphatic rings. The molecule has 5 heteroatoms. The molecule has 1 fully saturated rings. The number of hydrogen-bond donors (Lipinski definition) is 0. The third-order valence-electron chi connectivity index (χ3n) is 3.20. The van der Waals surface area contributed by atoms with E-state index in [-0.39, 0.29) is 18.3 Å². The molecule has 0 atom stereocenters. The summed E-state index contributed by atoms with van der Waals surface area (Å²) in [6, 6.07) is 4.16. The molecule has 0 spiro atoms. The van der Waals surface area contributed by atoms with Gasteiger partial charge in [0.25, 0.3) is 5.91 Å². The Morgan fingerprint density at radius 3 is 2.58 bits per heavy atom. The molecular weight excluding hydrogens is 313 g/mol. The Hall–Kier alpha value is -1.10. The van der Waals surface area contributed by atoms with Crippen LogP contribution in [-0.4, -0.2) is 30.5 Å². The second kappa shape index (κ2) is 6.89. The lowest BCUT2D eigenvalue weighted by Gasteiger charge is -2.20. The summed E-state index contributed by atoms with van der Waals surface area (Å²) in [6.45, 7) is 1.63. The molecule has 0 aromatic heterocycles. The van der Waals surface area contributed by atoms with Gasteiger partial charge in [-0.1, -0.05) is 12.8 Å². The van der Waals surface area contributed by atoms with E-state index in [0.29, 0.717) is 10.2 Å². The van der Waals surface area contributed by atoms with Crippen LogP contribution in [0.1, 0.15) is 25.7 Å². The van der Waals surface area contributed by atoms with Crippen LogP contribution in [0.5, 0.6) is 5.75 Å². The number of hydrogen-bond acceptors (Lipinski definition) is 2. The molecule has 2 rings (SSSR count). The first kappa shape index (κ1) is 14.3. The Balaban J connectivity index is 1.88. The van der Waals surface area contributed by atoms with E-state index in [1.807, 2.05) is 4.90 Å².